The molecule has 2 aromatic rings. The first kappa shape index (κ1) is 18.7. The van der Waals surface area contributed by atoms with Gasteiger partial charge in [0.2, 0.25) is 0 Å². The molecular weight excluding hydrogens is 461 g/mol. The largest absolute Gasteiger partial charge is 0.255 e. The van der Waals surface area contributed by atoms with Crippen LogP contribution in [0.2, 0.25) is 0 Å². The Hall–Kier alpha value is -1.29. The van der Waals surface area contributed by atoms with Crippen LogP contribution in [0, 0.1) is 0 Å². The molecule has 20 heavy (non-hydrogen) atoms. The molecule has 0 fully saturated rings. The Morgan fingerprint density at radius 3 is 1.70 bits per heavy atom. The molecule has 2 N–H and O–H groups in total. The summed E-state index contributed by atoms with van der Waals surface area (Å²) in [6, 6.07) is 10.6. The van der Waals surface area contributed by atoms with Gasteiger partial charge in [0, 0.05) is 12.4 Å². The minimum absolute atomic E-state index is 0.915. The Morgan fingerprint density at radius 2 is 1.50 bits per heavy atom. The molecule has 0 aromatic carbocycles. The van der Waals surface area contributed by atoms with E-state index in [0.717, 1.165) is 11.4 Å². The van der Waals surface area contributed by atoms with Crippen LogP contribution in [0.15, 0.2) is 48.8 Å². The number of rotatable bonds is 2. The predicted octanol–water partition coefficient (Wildman–Crippen LogP) is 3.34. The topological polar surface area (TPSA) is 86.9 Å². The summed E-state index contributed by atoms with van der Waals surface area (Å²) in [5, 5.41) is 7.80. The first-order valence-corrected chi connectivity index (χ1v) is 8.31. The third kappa shape index (κ3) is 8.00. The number of aromatic nitrogens is 2. The summed E-state index contributed by atoms with van der Waals surface area (Å²) in [7, 11) is 4.61. The first-order chi connectivity index (χ1) is 9.61. The number of pyridine rings is 2. The Morgan fingerprint density at radius 1 is 1.15 bits per heavy atom. The van der Waals surface area contributed by atoms with E-state index in [1.165, 1.54) is 6.92 Å². The van der Waals surface area contributed by atoms with E-state index in [2.05, 4.69) is 19.4 Å². The Kier molecular flexibility index (Phi) is 10.8. The van der Waals surface area contributed by atoms with Gasteiger partial charge in [-0.15, -0.1) is 0 Å². The van der Waals surface area contributed by atoms with Crippen molar-refractivity contribution in [2.45, 2.75) is 13.0 Å². The van der Waals surface area contributed by atoms with Gasteiger partial charge in [-0.05, 0) is 30.3 Å². The molecule has 2 heterocycles. The van der Waals surface area contributed by atoms with Crippen LogP contribution >= 0.6 is 9.42 Å². The number of carboxylic acid groups (broad SMARTS) is 1. The molecule has 1 unspecified atom stereocenters. The summed E-state index contributed by atoms with van der Waals surface area (Å²) in [4.78, 5) is 17.9. The number of nitrogens with zero attached hydrogens (tertiary/aromatic N) is 2. The first-order valence-electron chi connectivity index (χ1n) is 5.49. The van der Waals surface area contributed by atoms with Crippen molar-refractivity contribution in [2.24, 2.45) is 0 Å². The molecule has 0 amide bonds. The summed E-state index contributed by atoms with van der Waals surface area (Å²) in [5.74, 6) is -1.07. The summed E-state index contributed by atoms with van der Waals surface area (Å²) < 4.78 is 0. The SMILES string of the molecule is CC([NH-])C(=O)O.[Cl][Pt+].c1ccc(-c2ccccn2)nc1. The molecule has 0 bridgehead atoms. The Balaban J connectivity index is 0.000000387. The van der Waals surface area contributed by atoms with Crippen molar-refractivity contribution < 1.29 is 28.7 Å². The average Bonchev–Trinajstić information content (AvgIpc) is 2.51. The number of nitrogens with one attached hydrogen (secondary N) is 1. The van der Waals surface area contributed by atoms with Crippen LogP contribution in [0.25, 0.3) is 17.1 Å². The monoisotopic (exact) mass is 474 g/mol. The van der Waals surface area contributed by atoms with Crippen molar-refractivity contribution in [3.05, 3.63) is 54.5 Å². The maximum atomic E-state index is 9.51. The van der Waals surface area contributed by atoms with Gasteiger partial charge in [-0.1, -0.05) is 19.1 Å². The van der Waals surface area contributed by atoms with Crippen LogP contribution in [0.5, 0.6) is 0 Å². The zero-order chi connectivity index (χ0) is 15.4. The number of carbonyl (C=O) groups is 1. The van der Waals surface area contributed by atoms with Crippen molar-refractivity contribution in [2.75, 3.05) is 0 Å². The third-order valence-electron chi connectivity index (χ3n) is 1.96. The molecule has 5 nitrogen and oxygen atoms in total. The third-order valence-corrected chi connectivity index (χ3v) is 1.96. The van der Waals surface area contributed by atoms with Gasteiger partial charge in [0.15, 0.2) is 0 Å². The van der Waals surface area contributed by atoms with E-state index < -0.39 is 12.0 Å². The van der Waals surface area contributed by atoms with Gasteiger partial charge in [0.05, 0.1) is 11.4 Å². The van der Waals surface area contributed by atoms with E-state index in [4.69, 9.17) is 10.8 Å². The fourth-order valence-corrected chi connectivity index (χ4v) is 1.03. The number of aliphatic carboxylic acids is 1. The molecule has 0 aliphatic carbocycles. The second kappa shape index (κ2) is 11.5. The maximum absolute atomic E-state index is 9.51. The molecule has 2 aromatic heterocycles. The van der Waals surface area contributed by atoms with Gasteiger partial charge in [-0.25, -0.2) is 0 Å². The molecule has 0 spiro atoms. The minimum atomic E-state index is -1.07. The zero-order valence-electron chi connectivity index (χ0n) is 10.6. The molecule has 7 heteroatoms. The van der Waals surface area contributed by atoms with Gasteiger partial charge >= 0.3 is 28.2 Å². The molecule has 0 aliphatic rings. The van der Waals surface area contributed by atoms with Gasteiger partial charge in [0.25, 0.3) is 5.97 Å². The Bertz CT molecular complexity index is 446. The number of hydrogen-bond donors (Lipinski definition) is 1. The summed E-state index contributed by atoms with van der Waals surface area (Å²) in [6.07, 6.45) is 3.54. The number of halogens is 1. The van der Waals surface area contributed by atoms with E-state index in [0.29, 0.717) is 0 Å². The smallest absolute Gasteiger partial charge is 0.0886 e. The molecule has 110 valence electrons. The van der Waals surface area contributed by atoms with E-state index in [-0.39, 0.29) is 0 Å². The molecule has 0 saturated heterocycles. The van der Waals surface area contributed by atoms with Crippen molar-refractivity contribution >= 4 is 15.4 Å². The molecule has 0 aliphatic heterocycles. The Labute approximate surface area is 133 Å². The molecule has 1 atom stereocenters. The minimum Gasteiger partial charge on any atom is -0.255 e. The number of hydrogen-bond acceptors (Lipinski definition) is 3. The molecule has 2 rings (SSSR count). The molecular formula is C13H14ClN3O2Pt. The van der Waals surface area contributed by atoms with Gasteiger partial charge in [-0.2, -0.15) is 0 Å². The fourth-order valence-electron chi connectivity index (χ4n) is 1.03. The maximum Gasteiger partial charge on any atom is 0.0886 e. The normalized spacial score (nSPS) is 10.2. The fraction of sp³-hybridized carbons (Fsp3) is 0.154. The van der Waals surface area contributed by atoms with Crippen molar-refractivity contribution in [3.8, 4) is 11.4 Å². The van der Waals surface area contributed by atoms with Crippen LogP contribution in [0.4, 0.5) is 0 Å². The van der Waals surface area contributed by atoms with E-state index in [9.17, 15) is 4.79 Å². The van der Waals surface area contributed by atoms with Crippen LogP contribution < -0.4 is 0 Å². The quantitative estimate of drug-likeness (QED) is 0.723. The molecule has 0 saturated carbocycles. The average molecular weight is 475 g/mol. The second-order valence-electron chi connectivity index (χ2n) is 3.49. The summed E-state index contributed by atoms with van der Waals surface area (Å²) in [6.45, 7) is 1.31. The van der Waals surface area contributed by atoms with Gasteiger partial charge in [0.1, 0.15) is 0 Å². The van der Waals surface area contributed by atoms with Gasteiger partial charge in [-0.3, -0.25) is 14.8 Å². The van der Waals surface area contributed by atoms with Crippen LogP contribution in [-0.4, -0.2) is 27.1 Å². The van der Waals surface area contributed by atoms with E-state index in [1.807, 2.05) is 36.4 Å². The van der Waals surface area contributed by atoms with Gasteiger partial charge < -0.3 is 10.8 Å². The van der Waals surface area contributed by atoms with Crippen molar-refractivity contribution in [1.29, 1.82) is 0 Å². The van der Waals surface area contributed by atoms with Crippen LogP contribution in [0.3, 0.4) is 0 Å². The predicted molar refractivity (Wildman–Crippen MR) is 74.7 cm³/mol. The van der Waals surface area contributed by atoms with Crippen LogP contribution in [-0.2, 0) is 23.6 Å². The van der Waals surface area contributed by atoms with E-state index >= 15 is 0 Å². The van der Waals surface area contributed by atoms with E-state index in [1.54, 1.807) is 31.2 Å². The summed E-state index contributed by atoms with van der Waals surface area (Å²) in [5.41, 5.74) is 8.26. The zero-order valence-corrected chi connectivity index (χ0v) is 13.7. The number of carboxylic acids is 1. The van der Waals surface area contributed by atoms with Crippen molar-refractivity contribution in [3.63, 3.8) is 0 Å². The van der Waals surface area contributed by atoms with Crippen LogP contribution in [0.1, 0.15) is 6.92 Å². The standard InChI is InChI=1S/C10H8N2.C3H6NO2.ClH.Pt/c1-3-7-11-9(5-1)10-6-2-4-8-12-10;1-2(4)3(5)6;;/h1-8H;2,4H,1H3,(H,5,6);1H;/q;-1;;+2/p-1. The van der Waals surface area contributed by atoms with Crippen molar-refractivity contribution in [1.82, 2.24) is 9.97 Å². The molecule has 0 radical (unpaired) electrons. The summed E-state index contributed by atoms with van der Waals surface area (Å²) >= 11 is 1.61. The second-order valence-corrected chi connectivity index (χ2v) is 3.49.